The van der Waals surface area contributed by atoms with Crippen molar-refractivity contribution < 1.29 is 9.59 Å². The third kappa shape index (κ3) is 5.68. The van der Waals surface area contributed by atoms with Gasteiger partial charge in [-0.15, -0.1) is 0 Å². The van der Waals surface area contributed by atoms with Gasteiger partial charge in [0.25, 0.3) is 0 Å². The second-order valence-corrected chi connectivity index (χ2v) is 4.84. The lowest BCUT2D eigenvalue weighted by atomic mass is 9.95. The minimum Gasteiger partial charge on any atom is -0.369 e. The molecule has 0 atom stereocenters. The van der Waals surface area contributed by atoms with Crippen molar-refractivity contribution in [3.8, 4) is 0 Å². The normalized spacial score (nSPS) is 18.6. The van der Waals surface area contributed by atoms with Gasteiger partial charge in [-0.05, 0) is 12.8 Å². The fraction of sp³-hybridized carbons (Fsp3) is 0.833. The molecule has 0 bridgehead atoms. The first-order valence-corrected chi connectivity index (χ1v) is 6.40. The standard InChI is InChI=1S/C12H23N3O2/c13-11(16)8-15(9-12(14)17)10-6-4-2-1-3-5-7-10/h10H,1-9H2,(H2,13,16)(H2,14,17). The van der Waals surface area contributed by atoms with Crippen molar-refractivity contribution in [3.05, 3.63) is 0 Å². The van der Waals surface area contributed by atoms with E-state index in [1.807, 2.05) is 4.90 Å². The summed E-state index contributed by atoms with van der Waals surface area (Å²) in [6, 6.07) is 0.273. The molecule has 5 nitrogen and oxygen atoms in total. The molecule has 0 aromatic heterocycles. The molecular formula is C12H23N3O2. The summed E-state index contributed by atoms with van der Waals surface area (Å²) in [6.45, 7) is 0.265. The molecule has 17 heavy (non-hydrogen) atoms. The molecule has 1 fully saturated rings. The van der Waals surface area contributed by atoms with Gasteiger partial charge in [0.05, 0.1) is 13.1 Å². The summed E-state index contributed by atoms with van der Waals surface area (Å²) in [6.07, 6.45) is 8.12. The molecule has 0 radical (unpaired) electrons. The molecule has 1 aliphatic rings. The van der Waals surface area contributed by atoms with Gasteiger partial charge < -0.3 is 11.5 Å². The molecule has 1 rings (SSSR count). The zero-order valence-corrected chi connectivity index (χ0v) is 10.4. The predicted molar refractivity (Wildman–Crippen MR) is 66.1 cm³/mol. The number of amides is 2. The Morgan fingerprint density at radius 1 is 0.882 bits per heavy atom. The molecule has 0 unspecified atom stereocenters. The third-order valence-corrected chi connectivity index (χ3v) is 3.31. The van der Waals surface area contributed by atoms with Crippen molar-refractivity contribution in [2.45, 2.75) is 51.0 Å². The Balaban J connectivity index is 2.57. The summed E-state index contributed by atoms with van der Waals surface area (Å²) in [5.41, 5.74) is 10.4. The van der Waals surface area contributed by atoms with E-state index in [0.717, 1.165) is 25.7 Å². The smallest absolute Gasteiger partial charge is 0.231 e. The van der Waals surface area contributed by atoms with Gasteiger partial charge in [0.2, 0.25) is 11.8 Å². The van der Waals surface area contributed by atoms with Gasteiger partial charge in [-0.1, -0.05) is 32.1 Å². The number of hydrogen-bond acceptors (Lipinski definition) is 3. The summed E-state index contributed by atoms with van der Waals surface area (Å²) in [5, 5.41) is 0. The average molecular weight is 241 g/mol. The number of nitrogens with zero attached hydrogens (tertiary/aromatic N) is 1. The fourth-order valence-electron chi connectivity index (χ4n) is 2.51. The van der Waals surface area contributed by atoms with E-state index in [9.17, 15) is 9.59 Å². The third-order valence-electron chi connectivity index (χ3n) is 3.31. The summed E-state index contributed by atoms with van der Waals surface area (Å²) >= 11 is 0. The minimum absolute atomic E-state index is 0.133. The number of rotatable bonds is 5. The summed E-state index contributed by atoms with van der Waals surface area (Å²) in [4.78, 5) is 23.9. The van der Waals surface area contributed by atoms with Crippen molar-refractivity contribution in [3.63, 3.8) is 0 Å². The lowest BCUT2D eigenvalue weighted by Gasteiger charge is -2.31. The molecule has 1 saturated carbocycles. The van der Waals surface area contributed by atoms with Crippen LogP contribution < -0.4 is 11.5 Å². The molecule has 5 heteroatoms. The first kappa shape index (κ1) is 14.0. The van der Waals surface area contributed by atoms with Crippen molar-refractivity contribution in [1.29, 1.82) is 0 Å². The van der Waals surface area contributed by atoms with Crippen LogP contribution in [-0.4, -0.2) is 35.8 Å². The van der Waals surface area contributed by atoms with Crippen molar-refractivity contribution in [2.24, 2.45) is 11.5 Å². The highest BCUT2D eigenvalue weighted by Crippen LogP contribution is 2.21. The van der Waals surface area contributed by atoms with E-state index in [2.05, 4.69) is 0 Å². The second kappa shape index (κ2) is 7.27. The molecule has 4 N–H and O–H groups in total. The zero-order valence-electron chi connectivity index (χ0n) is 10.4. The fourth-order valence-corrected chi connectivity index (χ4v) is 2.51. The SMILES string of the molecule is NC(=O)CN(CC(N)=O)C1CCCCCCC1. The van der Waals surface area contributed by atoms with Crippen LogP contribution >= 0.6 is 0 Å². The van der Waals surface area contributed by atoms with Gasteiger partial charge in [0.1, 0.15) is 0 Å². The maximum Gasteiger partial charge on any atom is 0.231 e. The van der Waals surface area contributed by atoms with E-state index >= 15 is 0 Å². The quantitative estimate of drug-likeness (QED) is 0.728. The monoisotopic (exact) mass is 241 g/mol. The van der Waals surface area contributed by atoms with E-state index in [-0.39, 0.29) is 19.1 Å². The van der Waals surface area contributed by atoms with Gasteiger partial charge in [-0.3, -0.25) is 14.5 Å². The van der Waals surface area contributed by atoms with Gasteiger partial charge >= 0.3 is 0 Å². The highest BCUT2D eigenvalue weighted by molar-refractivity contribution is 5.79. The number of carbonyl (C=O) groups is 2. The Labute approximate surface area is 103 Å². The first-order valence-electron chi connectivity index (χ1n) is 6.40. The molecule has 0 spiro atoms. The van der Waals surface area contributed by atoms with Gasteiger partial charge in [-0.2, -0.15) is 0 Å². The molecule has 0 aromatic rings. The van der Waals surface area contributed by atoms with Gasteiger partial charge in [-0.25, -0.2) is 0 Å². The van der Waals surface area contributed by atoms with Crippen LogP contribution in [0.3, 0.4) is 0 Å². The van der Waals surface area contributed by atoms with Crippen LogP contribution in [-0.2, 0) is 9.59 Å². The van der Waals surface area contributed by atoms with E-state index < -0.39 is 11.8 Å². The molecule has 0 aliphatic heterocycles. The van der Waals surface area contributed by atoms with Gasteiger partial charge in [0, 0.05) is 6.04 Å². The number of hydrogen-bond donors (Lipinski definition) is 2. The number of carbonyl (C=O) groups excluding carboxylic acids is 2. The molecule has 0 heterocycles. The Morgan fingerprint density at radius 2 is 1.29 bits per heavy atom. The van der Waals surface area contributed by atoms with E-state index in [4.69, 9.17) is 11.5 Å². The topological polar surface area (TPSA) is 89.4 Å². The van der Waals surface area contributed by atoms with E-state index in [0.29, 0.717) is 0 Å². The summed E-state index contributed by atoms with van der Waals surface area (Å²) in [7, 11) is 0. The maximum absolute atomic E-state index is 11.0. The lowest BCUT2D eigenvalue weighted by Crippen LogP contribution is -2.45. The number of primary amides is 2. The van der Waals surface area contributed by atoms with Crippen LogP contribution in [0.1, 0.15) is 44.9 Å². The predicted octanol–water partition coefficient (Wildman–Crippen LogP) is 0.372. The van der Waals surface area contributed by atoms with Crippen LogP contribution in [0.15, 0.2) is 0 Å². The minimum atomic E-state index is -0.395. The van der Waals surface area contributed by atoms with Crippen LogP contribution in [0.25, 0.3) is 0 Å². The van der Waals surface area contributed by atoms with Crippen molar-refractivity contribution >= 4 is 11.8 Å². The van der Waals surface area contributed by atoms with Crippen LogP contribution in [0.5, 0.6) is 0 Å². The molecule has 2 amide bonds. The summed E-state index contributed by atoms with van der Waals surface area (Å²) in [5.74, 6) is -0.790. The summed E-state index contributed by atoms with van der Waals surface area (Å²) < 4.78 is 0. The first-order chi connectivity index (χ1) is 8.09. The molecule has 98 valence electrons. The zero-order chi connectivity index (χ0) is 12.7. The molecule has 0 saturated heterocycles. The highest BCUT2D eigenvalue weighted by Gasteiger charge is 2.22. The van der Waals surface area contributed by atoms with Crippen LogP contribution in [0.2, 0.25) is 0 Å². The second-order valence-electron chi connectivity index (χ2n) is 4.84. The van der Waals surface area contributed by atoms with E-state index in [1.165, 1.54) is 19.3 Å². The van der Waals surface area contributed by atoms with Crippen LogP contribution in [0, 0.1) is 0 Å². The molecule has 0 aromatic carbocycles. The molecule has 1 aliphatic carbocycles. The van der Waals surface area contributed by atoms with E-state index in [1.54, 1.807) is 0 Å². The van der Waals surface area contributed by atoms with Crippen molar-refractivity contribution in [2.75, 3.05) is 13.1 Å². The Kier molecular flexibility index (Phi) is 5.97. The lowest BCUT2D eigenvalue weighted by molar-refractivity contribution is -0.123. The highest BCUT2D eigenvalue weighted by atomic mass is 16.2. The Morgan fingerprint density at radius 3 is 1.71 bits per heavy atom. The molecular weight excluding hydrogens is 218 g/mol. The average Bonchev–Trinajstić information content (AvgIpc) is 2.13. The number of nitrogens with two attached hydrogens (primary N) is 2. The maximum atomic E-state index is 11.0. The Bertz CT molecular complexity index is 244. The van der Waals surface area contributed by atoms with Crippen LogP contribution in [0.4, 0.5) is 0 Å². The Hall–Kier alpha value is -1.10. The van der Waals surface area contributed by atoms with Gasteiger partial charge in [0.15, 0.2) is 0 Å². The van der Waals surface area contributed by atoms with Crippen molar-refractivity contribution in [1.82, 2.24) is 4.90 Å². The largest absolute Gasteiger partial charge is 0.369 e.